The molecule has 0 radical (unpaired) electrons. The second kappa shape index (κ2) is 6.25. The van der Waals surface area contributed by atoms with Crippen molar-refractivity contribution in [3.05, 3.63) is 29.0 Å². The number of hydrogen-bond donors (Lipinski definition) is 1. The van der Waals surface area contributed by atoms with E-state index in [4.69, 9.17) is 16.7 Å². The molecule has 1 amide bonds. The van der Waals surface area contributed by atoms with Gasteiger partial charge < -0.3 is 10.0 Å². The maximum atomic E-state index is 12.3. The minimum absolute atomic E-state index is 0.0280. The number of nitrogens with zero attached hydrogens (tertiary/aromatic N) is 2. The number of carboxylic acid groups (broad SMARTS) is 1. The minimum atomic E-state index is -0.889. The molecule has 19 heavy (non-hydrogen) atoms. The Hall–Kier alpha value is -1.27. The molecule has 1 atom stereocenters. The van der Waals surface area contributed by atoms with Gasteiger partial charge in [-0.05, 0) is 12.1 Å². The first-order valence-corrected chi connectivity index (χ1v) is 7.33. The van der Waals surface area contributed by atoms with Crippen LogP contribution in [0.5, 0.6) is 0 Å². The van der Waals surface area contributed by atoms with Gasteiger partial charge >= 0.3 is 5.97 Å². The van der Waals surface area contributed by atoms with Crippen LogP contribution in [0.25, 0.3) is 0 Å². The van der Waals surface area contributed by atoms with Gasteiger partial charge in [-0.1, -0.05) is 11.6 Å². The summed E-state index contributed by atoms with van der Waals surface area (Å²) in [6.07, 6.45) is 1.39. The van der Waals surface area contributed by atoms with Crippen molar-refractivity contribution in [3.8, 4) is 0 Å². The number of thioether (sulfide) groups is 1. The number of carboxylic acids is 1. The molecule has 0 bridgehead atoms. The van der Waals surface area contributed by atoms with Crippen LogP contribution in [-0.2, 0) is 4.79 Å². The quantitative estimate of drug-likeness (QED) is 0.862. The van der Waals surface area contributed by atoms with E-state index in [9.17, 15) is 9.59 Å². The zero-order chi connectivity index (χ0) is 13.8. The molecule has 0 aromatic carbocycles. The lowest BCUT2D eigenvalue weighted by Crippen LogP contribution is -2.47. The van der Waals surface area contributed by atoms with Crippen molar-refractivity contribution >= 4 is 35.2 Å². The highest BCUT2D eigenvalue weighted by molar-refractivity contribution is 7.99. The second-order valence-electron chi connectivity index (χ2n) is 4.19. The van der Waals surface area contributed by atoms with E-state index in [-0.39, 0.29) is 18.4 Å². The topological polar surface area (TPSA) is 70.5 Å². The summed E-state index contributed by atoms with van der Waals surface area (Å²) in [4.78, 5) is 28.7. The van der Waals surface area contributed by atoms with E-state index >= 15 is 0 Å². The number of pyridine rings is 1. The Morgan fingerprint density at radius 2 is 2.32 bits per heavy atom. The van der Waals surface area contributed by atoms with E-state index in [1.807, 2.05) is 0 Å². The van der Waals surface area contributed by atoms with Gasteiger partial charge in [0.25, 0.3) is 5.91 Å². The molecule has 5 nitrogen and oxygen atoms in total. The van der Waals surface area contributed by atoms with Crippen LogP contribution < -0.4 is 0 Å². The summed E-state index contributed by atoms with van der Waals surface area (Å²) < 4.78 is 0. The normalized spacial score (nSPS) is 19.2. The van der Waals surface area contributed by atoms with Crippen LogP contribution in [-0.4, -0.2) is 51.0 Å². The molecule has 1 fully saturated rings. The van der Waals surface area contributed by atoms with E-state index in [1.165, 1.54) is 6.20 Å². The number of carbonyl (C=O) groups excluding carboxylic acids is 1. The molecule has 1 N–H and O–H groups in total. The zero-order valence-corrected chi connectivity index (χ0v) is 11.7. The number of carbonyl (C=O) groups is 2. The molecule has 1 aliphatic heterocycles. The van der Waals surface area contributed by atoms with Gasteiger partial charge in [0.2, 0.25) is 0 Å². The maximum absolute atomic E-state index is 12.3. The van der Waals surface area contributed by atoms with Crippen molar-refractivity contribution in [1.82, 2.24) is 9.88 Å². The van der Waals surface area contributed by atoms with Gasteiger partial charge in [-0.15, -0.1) is 0 Å². The highest BCUT2D eigenvalue weighted by Crippen LogP contribution is 2.21. The highest BCUT2D eigenvalue weighted by atomic mass is 35.5. The fourth-order valence-electron chi connectivity index (χ4n) is 1.96. The summed E-state index contributed by atoms with van der Waals surface area (Å²) in [5, 5.41) is 9.22. The average molecular weight is 301 g/mol. The van der Waals surface area contributed by atoms with Crippen LogP contribution >= 0.6 is 23.4 Å². The van der Waals surface area contributed by atoms with Gasteiger partial charge in [0.15, 0.2) is 0 Å². The third-order valence-electron chi connectivity index (χ3n) is 2.87. The van der Waals surface area contributed by atoms with E-state index in [1.54, 1.807) is 28.8 Å². The molecule has 1 unspecified atom stereocenters. The van der Waals surface area contributed by atoms with Crippen LogP contribution in [0.15, 0.2) is 18.3 Å². The predicted molar refractivity (Wildman–Crippen MR) is 73.6 cm³/mol. The van der Waals surface area contributed by atoms with Gasteiger partial charge in [0.1, 0.15) is 5.15 Å². The molecule has 2 rings (SSSR count). The van der Waals surface area contributed by atoms with Gasteiger partial charge in [0, 0.05) is 24.2 Å². The number of halogens is 1. The maximum Gasteiger partial charge on any atom is 0.305 e. The summed E-state index contributed by atoms with van der Waals surface area (Å²) in [5.41, 5.74) is 0.437. The Balaban J connectivity index is 2.15. The molecular weight excluding hydrogens is 288 g/mol. The van der Waals surface area contributed by atoms with Crippen molar-refractivity contribution in [2.75, 3.05) is 18.1 Å². The standard InChI is InChI=1S/C12H13ClN2O3S/c13-10-2-1-8(6-14-10)12(18)15-3-4-19-7-9(15)5-11(16)17/h1-2,6,9H,3-5,7H2,(H,16,17). The molecule has 0 aliphatic carbocycles. The molecule has 7 heteroatoms. The van der Waals surface area contributed by atoms with Crippen LogP contribution in [0.2, 0.25) is 5.15 Å². The Bertz CT molecular complexity index is 480. The lowest BCUT2D eigenvalue weighted by molar-refractivity contribution is -0.138. The van der Waals surface area contributed by atoms with Crippen LogP contribution in [0.3, 0.4) is 0 Å². The van der Waals surface area contributed by atoms with E-state index in [2.05, 4.69) is 4.98 Å². The minimum Gasteiger partial charge on any atom is -0.481 e. The SMILES string of the molecule is O=C(O)CC1CSCCN1C(=O)c1ccc(Cl)nc1. The first-order chi connectivity index (χ1) is 9.08. The van der Waals surface area contributed by atoms with Crippen LogP contribution in [0, 0.1) is 0 Å². The van der Waals surface area contributed by atoms with Crippen molar-refractivity contribution in [2.24, 2.45) is 0 Å². The number of aromatic nitrogens is 1. The molecule has 1 saturated heterocycles. The smallest absolute Gasteiger partial charge is 0.305 e. The molecular formula is C12H13ClN2O3S. The summed E-state index contributed by atoms with van der Waals surface area (Å²) in [5.74, 6) is 0.400. The van der Waals surface area contributed by atoms with E-state index in [0.29, 0.717) is 23.0 Å². The first-order valence-electron chi connectivity index (χ1n) is 5.80. The number of rotatable bonds is 3. The Morgan fingerprint density at radius 1 is 1.53 bits per heavy atom. The van der Waals surface area contributed by atoms with Crippen LogP contribution in [0.4, 0.5) is 0 Å². The Labute approximate surface area is 120 Å². The Kier molecular flexibility index (Phi) is 4.66. The lowest BCUT2D eigenvalue weighted by atomic mass is 10.1. The summed E-state index contributed by atoms with van der Waals surface area (Å²) >= 11 is 7.35. The fraction of sp³-hybridized carbons (Fsp3) is 0.417. The largest absolute Gasteiger partial charge is 0.481 e. The van der Waals surface area contributed by atoms with Gasteiger partial charge in [-0.25, -0.2) is 4.98 Å². The van der Waals surface area contributed by atoms with E-state index < -0.39 is 5.97 Å². The summed E-state index contributed by atoms with van der Waals surface area (Å²) in [6, 6.07) is 2.90. The molecule has 0 spiro atoms. The second-order valence-corrected chi connectivity index (χ2v) is 5.73. The summed E-state index contributed by atoms with van der Waals surface area (Å²) in [7, 11) is 0. The van der Waals surface area contributed by atoms with Crippen molar-refractivity contribution < 1.29 is 14.7 Å². The monoisotopic (exact) mass is 300 g/mol. The lowest BCUT2D eigenvalue weighted by Gasteiger charge is -2.34. The average Bonchev–Trinajstić information content (AvgIpc) is 2.39. The predicted octanol–water partition coefficient (Wildman–Crippen LogP) is 1.77. The number of aliphatic carboxylic acids is 1. The van der Waals surface area contributed by atoms with Gasteiger partial charge in [0.05, 0.1) is 18.0 Å². The number of hydrogen-bond acceptors (Lipinski definition) is 4. The molecule has 0 saturated carbocycles. The third kappa shape index (κ3) is 3.61. The zero-order valence-electron chi connectivity index (χ0n) is 10.1. The molecule has 102 valence electrons. The van der Waals surface area contributed by atoms with Crippen molar-refractivity contribution in [1.29, 1.82) is 0 Å². The number of amides is 1. The molecule has 1 aliphatic rings. The summed E-state index contributed by atoms with van der Waals surface area (Å²) in [6.45, 7) is 0.560. The van der Waals surface area contributed by atoms with Gasteiger partial charge in [-0.3, -0.25) is 9.59 Å². The fourth-order valence-corrected chi connectivity index (χ4v) is 3.14. The first kappa shape index (κ1) is 14.1. The highest BCUT2D eigenvalue weighted by Gasteiger charge is 2.29. The molecule has 2 heterocycles. The van der Waals surface area contributed by atoms with Crippen molar-refractivity contribution in [2.45, 2.75) is 12.5 Å². The van der Waals surface area contributed by atoms with Gasteiger partial charge in [-0.2, -0.15) is 11.8 Å². The molecule has 1 aromatic heterocycles. The Morgan fingerprint density at radius 3 is 2.95 bits per heavy atom. The third-order valence-corrected chi connectivity index (χ3v) is 4.19. The van der Waals surface area contributed by atoms with E-state index in [0.717, 1.165) is 5.75 Å². The van der Waals surface area contributed by atoms with Crippen molar-refractivity contribution in [3.63, 3.8) is 0 Å². The molecule has 1 aromatic rings. The van der Waals surface area contributed by atoms with Crippen LogP contribution in [0.1, 0.15) is 16.8 Å².